The molecule has 0 amide bonds. The molecule has 5 heteroatoms. The number of hydrogen-bond donors (Lipinski definition) is 1. The normalized spacial score (nSPS) is 14.2. The van der Waals surface area contributed by atoms with Crippen LogP contribution in [0.5, 0.6) is 0 Å². The monoisotopic (exact) mass is 202 g/mol. The van der Waals surface area contributed by atoms with Crippen molar-refractivity contribution in [3.63, 3.8) is 0 Å². The van der Waals surface area contributed by atoms with Gasteiger partial charge in [0.2, 0.25) is 0 Å². The molecule has 1 atom stereocenters. The van der Waals surface area contributed by atoms with E-state index < -0.39 is 15.4 Å². The fourth-order valence-corrected chi connectivity index (χ4v) is 0.930. The molecule has 0 radical (unpaired) electrons. The molecule has 0 saturated carbocycles. The third-order valence-electron chi connectivity index (χ3n) is 1.38. The topological polar surface area (TPSA) is 54.4 Å². The first kappa shape index (κ1) is 15.1. The van der Waals surface area contributed by atoms with Gasteiger partial charge in [-0.3, -0.25) is 4.55 Å². The fourth-order valence-electron chi connectivity index (χ4n) is 0.576. The van der Waals surface area contributed by atoms with Crippen molar-refractivity contribution in [3.8, 4) is 0 Å². The van der Waals surface area contributed by atoms with Crippen molar-refractivity contribution >= 4 is 10.1 Å². The van der Waals surface area contributed by atoms with Crippen LogP contribution < -0.4 is 29.6 Å². The Morgan fingerprint density at radius 2 is 2.00 bits per heavy atom. The molecule has 0 aliphatic rings. The van der Waals surface area contributed by atoms with E-state index in [0.717, 1.165) is 6.42 Å². The fraction of sp³-hybridized carbons (Fsp3) is 0.714. The van der Waals surface area contributed by atoms with E-state index in [1.807, 2.05) is 13.0 Å². The first-order valence-corrected chi connectivity index (χ1v) is 5.10. The van der Waals surface area contributed by atoms with Crippen LogP contribution in [0.2, 0.25) is 0 Å². The van der Waals surface area contributed by atoms with E-state index in [2.05, 4.69) is 0 Å². The summed E-state index contributed by atoms with van der Waals surface area (Å²) in [6.07, 6.45) is 4.91. The molecule has 0 aromatic heterocycles. The van der Waals surface area contributed by atoms with Gasteiger partial charge in [-0.2, -0.15) is 8.42 Å². The maximum atomic E-state index is 10.4. The predicted molar refractivity (Wildman–Crippen MR) is 46.2 cm³/mol. The van der Waals surface area contributed by atoms with Crippen molar-refractivity contribution in [1.82, 2.24) is 0 Å². The Hall–Kier alpha value is 0.650. The van der Waals surface area contributed by atoms with Crippen LogP contribution in [0, 0.1) is 0 Å². The van der Waals surface area contributed by atoms with Crippen LogP contribution in [0.25, 0.3) is 0 Å². The average Bonchev–Trinajstić information content (AvgIpc) is 1.86. The van der Waals surface area contributed by atoms with Gasteiger partial charge in [0.05, 0.1) is 5.25 Å². The summed E-state index contributed by atoms with van der Waals surface area (Å²) in [6.45, 7) is 3.45. The molecule has 68 valence electrons. The molecule has 0 aliphatic heterocycles. The summed E-state index contributed by atoms with van der Waals surface area (Å²) < 4.78 is 29.4. The molecule has 1 unspecified atom stereocenters. The van der Waals surface area contributed by atoms with E-state index >= 15 is 0 Å². The van der Waals surface area contributed by atoms with Gasteiger partial charge in [0.25, 0.3) is 10.1 Å². The molecule has 3 nitrogen and oxygen atoms in total. The Kier molecular flexibility index (Phi) is 8.95. The second-order valence-corrected chi connectivity index (χ2v) is 4.28. The van der Waals surface area contributed by atoms with Crippen LogP contribution in [-0.2, 0) is 10.1 Å². The third kappa shape index (κ3) is 7.31. The molecule has 0 rings (SSSR count). The summed E-state index contributed by atoms with van der Waals surface area (Å²) in [7, 11) is -3.83. The number of rotatable bonds is 4. The van der Waals surface area contributed by atoms with E-state index in [1.54, 1.807) is 6.08 Å². The van der Waals surface area contributed by atoms with Crippen molar-refractivity contribution in [2.75, 3.05) is 0 Å². The Morgan fingerprint density at radius 1 is 1.50 bits per heavy atom. The maximum Gasteiger partial charge on any atom is 1.00 e. The molecule has 0 saturated heterocycles. The van der Waals surface area contributed by atoms with E-state index in [9.17, 15) is 8.42 Å². The average molecular weight is 202 g/mol. The first-order valence-electron chi connectivity index (χ1n) is 3.59. The molecule has 0 heterocycles. The zero-order chi connectivity index (χ0) is 8.91. The van der Waals surface area contributed by atoms with Gasteiger partial charge >= 0.3 is 29.6 Å². The van der Waals surface area contributed by atoms with E-state index in [0.29, 0.717) is 6.42 Å². The standard InChI is InChI=1S/C7H14O3S.Na.H/c1-3-4-5-6-7(2)11(8,9)10;;/h4-5,7H,3,6H2,1-2H3,(H,8,9,10);;/q;+1;-1. The Balaban J connectivity index is -0.000000500. The minimum Gasteiger partial charge on any atom is -1.00 e. The predicted octanol–water partition coefficient (Wildman–Crippen LogP) is -1.26. The van der Waals surface area contributed by atoms with Gasteiger partial charge in [0, 0.05) is 0 Å². The first-order chi connectivity index (χ1) is 4.98. The summed E-state index contributed by atoms with van der Waals surface area (Å²) >= 11 is 0. The van der Waals surface area contributed by atoms with Crippen LogP contribution >= 0.6 is 0 Å². The van der Waals surface area contributed by atoms with Gasteiger partial charge in [-0.05, 0) is 19.8 Å². The summed E-state index contributed by atoms with van der Waals surface area (Å²) in [5.41, 5.74) is 0. The Morgan fingerprint density at radius 3 is 2.33 bits per heavy atom. The molecule has 0 fully saturated rings. The van der Waals surface area contributed by atoms with Crippen molar-refractivity contribution in [2.45, 2.75) is 31.9 Å². The molecule has 0 bridgehead atoms. The van der Waals surface area contributed by atoms with Gasteiger partial charge in [-0.1, -0.05) is 19.1 Å². The van der Waals surface area contributed by atoms with Gasteiger partial charge in [0.1, 0.15) is 0 Å². The van der Waals surface area contributed by atoms with Crippen molar-refractivity contribution in [2.24, 2.45) is 0 Å². The summed E-state index contributed by atoms with van der Waals surface area (Å²) in [5.74, 6) is 0. The zero-order valence-corrected chi connectivity index (χ0v) is 10.6. The molecule has 0 aliphatic carbocycles. The minimum atomic E-state index is -3.83. The maximum absolute atomic E-state index is 10.4. The van der Waals surface area contributed by atoms with Crippen LogP contribution in [0.4, 0.5) is 0 Å². The molecular weight excluding hydrogens is 187 g/mol. The van der Waals surface area contributed by atoms with Gasteiger partial charge in [-0.15, -0.1) is 0 Å². The number of hydrogen-bond acceptors (Lipinski definition) is 2. The summed E-state index contributed by atoms with van der Waals surface area (Å²) in [6, 6.07) is 0. The van der Waals surface area contributed by atoms with Gasteiger partial charge in [-0.25, -0.2) is 0 Å². The van der Waals surface area contributed by atoms with Gasteiger partial charge < -0.3 is 1.43 Å². The quantitative estimate of drug-likeness (QED) is 0.351. The van der Waals surface area contributed by atoms with Crippen LogP contribution in [0.3, 0.4) is 0 Å². The van der Waals surface area contributed by atoms with Crippen LogP contribution in [0.15, 0.2) is 12.2 Å². The van der Waals surface area contributed by atoms with Gasteiger partial charge in [0.15, 0.2) is 0 Å². The third-order valence-corrected chi connectivity index (χ3v) is 2.59. The molecule has 0 spiro atoms. The van der Waals surface area contributed by atoms with Crippen LogP contribution in [0.1, 0.15) is 28.1 Å². The molecule has 1 N–H and O–H groups in total. The largest absolute Gasteiger partial charge is 1.00 e. The molecular formula is C7H15NaO3S. The zero-order valence-electron chi connectivity index (χ0n) is 8.82. The molecule has 12 heavy (non-hydrogen) atoms. The Labute approximate surface area is 97.8 Å². The summed E-state index contributed by atoms with van der Waals surface area (Å²) in [5, 5.41) is -0.690. The van der Waals surface area contributed by atoms with E-state index in [1.165, 1.54) is 6.92 Å². The second kappa shape index (κ2) is 7.09. The van der Waals surface area contributed by atoms with Crippen molar-refractivity contribution in [1.29, 1.82) is 0 Å². The van der Waals surface area contributed by atoms with Crippen LogP contribution in [-0.4, -0.2) is 18.2 Å². The SMILES string of the molecule is CCC=CCC(C)S(=O)(=O)O.[H-].[Na+]. The molecule has 0 aromatic rings. The minimum absolute atomic E-state index is 0. The van der Waals surface area contributed by atoms with Crippen molar-refractivity contribution in [3.05, 3.63) is 12.2 Å². The summed E-state index contributed by atoms with van der Waals surface area (Å²) in [4.78, 5) is 0. The smallest absolute Gasteiger partial charge is 1.00 e. The molecule has 0 aromatic carbocycles. The second-order valence-electron chi connectivity index (χ2n) is 2.44. The van der Waals surface area contributed by atoms with Crippen molar-refractivity contribution < 1.29 is 44.0 Å². The number of allylic oxidation sites excluding steroid dienone is 2. The Bertz CT molecular complexity index is 226. The van der Waals surface area contributed by atoms with E-state index in [-0.39, 0.29) is 31.0 Å². The van der Waals surface area contributed by atoms with E-state index in [4.69, 9.17) is 4.55 Å².